The maximum Gasteiger partial charge on any atom is 0.427 e. The Hall–Kier alpha value is -2.43. The number of alkyl halides is 7. The van der Waals surface area contributed by atoms with Gasteiger partial charge in [-0.25, -0.2) is 12.8 Å². The smallest absolute Gasteiger partial charge is 0.346 e. The maximum absolute atomic E-state index is 15.2. The molecule has 2 aromatic carbocycles. The van der Waals surface area contributed by atoms with Crippen LogP contribution in [-0.2, 0) is 15.5 Å². The van der Waals surface area contributed by atoms with E-state index >= 15 is 4.39 Å². The molecule has 0 fully saturated rings. The number of amides is 2. The maximum atomic E-state index is 15.2. The Morgan fingerprint density at radius 1 is 0.975 bits per heavy atom. The predicted octanol–water partition coefficient (Wildman–Crippen LogP) is 6.33. The van der Waals surface area contributed by atoms with Gasteiger partial charge in [0.2, 0.25) is 5.67 Å². The van der Waals surface area contributed by atoms with Crippen molar-refractivity contribution in [1.82, 2.24) is 5.32 Å². The number of halogens is 8. The molecule has 0 heterocycles. The van der Waals surface area contributed by atoms with E-state index in [2.05, 4.69) is 10.6 Å². The number of sulfone groups is 1. The Kier molecular flexibility index (Phi) is 9.67. The lowest BCUT2D eigenvalue weighted by Crippen LogP contribution is -2.49. The molecule has 2 amide bonds. The van der Waals surface area contributed by atoms with Gasteiger partial charge in [0.05, 0.1) is 22.8 Å². The average Bonchev–Trinajstić information content (AvgIpc) is 2.75. The number of carbonyl (C=O) groups excluding carboxylic acids is 2. The lowest BCUT2D eigenvalue weighted by Gasteiger charge is -2.35. The van der Waals surface area contributed by atoms with E-state index in [1.807, 2.05) is 0 Å². The van der Waals surface area contributed by atoms with E-state index in [0.29, 0.717) is 15.7 Å². The molecule has 2 aromatic rings. The molecule has 0 bridgehead atoms. The summed E-state index contributed by atoms with van der Waals surface area (Å²) in [6, 6.07) is 6.16. The Morgan fingerprint density at radius 3 is 2.02 bits per heavy atom. The van der Waals surface area contributed by atoms with Crippen molar-refractivity contribution in [2.24, 2.45) is 5.92 Å². The van der Waals surface area contributed by atoms with Crippen molar-refractivity contribution < 1.29 is 48.7 Å². The standard InChI is InChI=1S/C25H26F7IN2O4S/c1-13-11-15(23(26,25(30,31)32)14(2)24(27,28)29)9-10-18(13)34-20(36)16-7-6-8-17(33)19(16)21(37)35-22(3,4)12-40(5,38)39/h6-11,14H,12H2,1-5H3,(H,34,36)(H,35,37). The molecule has 2 N–H and O–H groups in total. The van der Waals surface area contributed by atoms with Crippen LogP contribution in [-0.4, -0.2) is 50.1 Å². The number of aryl methyl sites for hydroxylation is 1. The molecule has 6 nitrogen and oxygen atoms in total. The lowest BCUT2D eigenvalue weighted by atomic mass is 9.82. The molecule has 0 saturated carbocycles. The second-order valence-corrected chi connectivity index (χ2v) is 13.3. The SMILES string of the molecule is Cc1cc(C(F)(C(C)C(F)(F)F)C(F)(F)F)ccc1NC(=O)c1cccc(I)c1C(=O)NC(C)(C)CS(C)(=O)=O. The summed E-state index contributed by atoms with van der Waals surface area (Å²) in [5, 5.41) is 4.94. The van der Waals surface area contributed by atoms with Crippen LogP contribution >= 0.6 is 22.6 Å². The van der Waals surface area contributed by atoms with Gasteiger partial charge < -0.3 is 10.6 Å². The van der Waals surface area contributed by atoms with Crippen molar-refractivity contribution in [2.75, 3.05) is 17.3 Å². The first-order chi connectivity index (χ1) is 17.9. The molecule has 2 unspecified atom stereocenters. The zero-order valence-electron chi connectivity index (χ0n) is 21.8. The zero-order chi connectivity index (χ0) is 31.1. The molecule has 0 radical (unpaired) electrons. The third-order valence-electron chi connectivity index (χ3n) is 5.96. The molecular formula is C25H26F7IN2O4S. The molecule has 0 aliphatic heterocycles. The van der Waals surface area contributed by atoms with E-state index in [1.165, 1.54) is 39.0 Å². The molecule has 0 saturated heterocycles. The van der Waals surface area contributed by atoms with E-state index in [1.54, 1.807) is 22.6 Å². The monoisotopic (exact) mass is 710 g/mol. The van der Waals surface area contributed by atoms with Crippen molar-refractivity contribution in [3.05, 3.63) is 62.2 Å². The van der Waals surface area contributed by atoms with Gasteiger partial charge in [-0.3, -0.25) is 9.59 Å². The summed E-state index contributed by atoms with van der Waals surface area (Å²) in [7, 11) is -3.48. The van der Waals surface area contributed by atoms with Crippen LogP contribution in [0.3, 0.4) is 0 Å². The molecule has 222 valence electrons. The van der Waals surface area contributed by atoms with Crippen LogP contribution in [0.1, 0.15) is 52.6 Å². The van der Waals surface area contributed by atoms with Crippen LogP contribution in [0, 0.1) is 16.4 Å². The molecule has 40 heavy (non-hydrogen) atoms. The summed E-state index contributed by atoms with van der Waals surface area (Å²) in [4.78, 5) is 26.2. The van der Waals surface area contributed by atoms with Crippen molar-refractivity contribution in [3.63, 3.8) is 0 Å². The molecule has 15 heteroatoms. The predicted molar refractivity (Wildman–Crippen MR) is 144 cm³/mol. The van der Waals surface area contributed by atoms with Crippen LogP contribution < -0.4 is 10.6 Å². The largest absolute Gasteiger partial charge is 0.427 e. The molecule has 2 rings (SSSR count). The van der Waals surface area contributed by atoms with Gasteiger partial charge in [-0.15, -0.1) is 0 Å². The van der Waals surface area contributed by atoms with Gasteiger partial charge in [0.25, 0.3) is 11.8 Å². The Bertz CT molecular complexity index is 1410. The molecule has 0 aromatic heterocycles. The number of benzene rings is 2. The number of anilines is 1. The molecule has 0 aliphatic rings. The summed E-state index contributed by atoms with van der Waals surface area (Å²) in [5.74, 6) is -5.49. The van der Waals surface area contributed by atoms with E-state index in [4.69, 9.17) is 0 Å². The summed E-state index contributed by atoms with van der Waals surface area (Å²) >= 11 is 1.79. The second kappa shape index (κ2) is 11.4. The minimum Gasteiger partial charge on any atom is -0.346 e. The Balaban J connectivity index is 2.45. The van der Waals surface area contributed by atoms with Gasteiger partial charge >= 0.3 is 12.4 Å². The fourth-order valence-corrected chi connectivity index (χ4v) is 6.24. The topological polar surface area (TPSA) is 92.3 Å². The highest BCUT2D eigenvalue weighted by molar-refractivity contribution is 14.1. The highest BCUT2D eigenvalue weighted by Crippen LogP contribution is 2.53. The number of nitrogens with one attached hydrogen (secondary N) is 2. The molecule has 0 aliphatic carbocycles. The number of hydrogen-bond acceptors (Lipinski definition) is 4. The molecule has 0 spiro atoms. The minimum absolute atomic E-state index is 0.0965. The fraction of sp³-hybridized carbons (Fsp3) is 0.440. The van der Waals surface area contributed by atoms with Crippen LogP contribution in [0.25, 0.3) is 0 Å². The first-order valence-electron chi connectivity index (χ1n) is 11.4. The zero-order valence-corrected chi connectivity index (χ0v) is 24.8. The van der Waals surface area contributed by atoms with Crippen molar-refractivity contribution >= 4 is 49.9 Å². The summed E-state index contributed by atoms with van der Waals surface area (Å²) in [6.07, 6.45) is -10.4. The average molecular weight is 710 g/mol. The fourth-order valence-electron chi connectivity index (χ4n) is 4.11. The quantitative estimate of drug-likeness (QED) is 0.248. The lowest BCUT2D eigenvalue weighted by molar-refractivity contribution is -0.303. The van der Waals surface area contributed by atoms with Gasteiger partial charge in [0, 0.05) is 21.1 Å². The third kappa shape index (κ3) is 7.64. The minimum atomic E-state index is -5.90. The number of rotatable bonds is 8. The van der Waals surface area contributed by atoms with Crippen LogP contribution in [0.2, 0.25) is 0 Å². The van der Waals surface area contributed by atoms with Crippen LogP contribution in [0.5, 0.6) is 0 Å². The number of carbonyl (C=O) groups is 2. The van der Waals surface area contributed by atoms with Crippen molar-refractivity contribution in [2.45, 2.75) is 51.3 Å². The van der Waals surface area contributed by atoms with Gasteiger partial charge in [-0.1, -0.05) is 18.2 Å². The first kappa shape index (κ1) is 33.8. The van der Waals surface area contributed by atoms with Crippen LogP contribution in [0.4, 0.5) is 36.4 Å². The molecule has 2 atom stereocenters. The van der Waals surface area contributed by atoms with Crippen LogP contribution in [0.15, 0.2) is 36.4 Å². The van der Waals surface area contributed by atoms with E-state index in [0.717, 1.165) is 12.3 Å². The van der Waals surface area contributed by atoms with E-state index < -0.39 is 62.4 Å². The van der Waals surface area contributed by atoms with E-state index in [9.17, 15) is 44.3 Å². The highest BCUT2D eigenvalue weighted by Gasteiger charge is 2.67. The van der Waals surface area contributed by atoms with Gasteiger partial charge in [0.1, 0.15) is 9.84 Å². The Labute approximate surface area is 240 Å². The first-order valence-corrected chi connectivity index (χ1v) is 14.6. The van der Waals surface area contributed by atoms with Gasteiger partial charge in [0.15, 0.2) is 0 Å². The van der Waals surface area contributed by atoms with Gasteiger partial charge in [-0.05, 0) is 79.6 Å². The van der Waals surface area contributed by atoms with Crippen molar-refractivity contribution in [1.29, 1.82) is 0 Å². The summed E-state index contributed by atoms with van der Waals surface area (Å²) in [6.45, 7) is 4.21. The highest BCUT2D eigenvalue weighted by atomic mass is 127. The van der Waals surface area contributed by atoms with Crippen molar-refractivity contribution in [3.8, 4) is 0 Å². The normalized spacial score (nSPS) is 15.2. The molecular weight excluding hydrogens is 684 g/mol. The summed E-state index contributed by atoms with van der Waals surface area (Å²) in [5.41, 5.74) is -7.85. The van der Waals surface area contributed by atoms with E-state index in [-0.39, 0.29) is 29.3 Å². The Morgan fingerprint density at radius 2 is 1.55 bits per heavy atom. The summed E-state index contributed by atoms with van der Waals surface area (Å²) < 4.78 is 119. The second-order valence-electron chi connectivity index (χ2n) is 10.0. The third-order valence-corrected chi connectivity index (χ3v) is 8.10. The number of hydrogen-bond donors (Lipinski definition) is 2. The van der Waals surface area contributed by atoms with Gasteiger partial charge in [-0.2, -0.15) is 26.3 Å².